The zero-order valence-corrected chi connectivity index (χ0v) is 5.76. The van der Waals surface area contributed by atoms with Crippen LogP contribution in [0, 0.1) is 0 Å². The van der Waals surface area contributed by atoms with Crippen molar-refractivity contribution in [2.75, 3.05) is 12.4 Å². The zero-order valence-electron chi connectivity index (χ0n) is 4.19. The van der Waals surface area contributed by atoms with Gasteiger partial charge in [0.15, 0.2) is 0 Å². The van der Waals surface area contributed by atoms with E-state index in [1.165, 1.54) is 0 Å². The van der Waals surface area contributed by atoms with Gasteiger partial charge in [-0.05, 0) is 13.0 Å². The van der Waals surface area contributed by atoms with E-state index in [2.05, 4.69) is 0 Å². The standard InChI is InChI=1S/C3H8ClN.ClH.H3N/c4-2-1-3-5;;/h1-3,5H2;1H;1H3. The van der Waals surface area contributed by atoms with Crippen LogP contribution in [0.15, 0.2) is 0 Å². The van der Waals surface area contributed by atoms with Gasteiger partial charge in [-0.25, -0.2) is 0 Å². The molecule has 2 nitrogen and oxygen atoms in total. The van der Waals surface area contributed by atoms with Crippen molar-refractivity contribution in [2.24, 2.45) is 5.73 Å². The van der Waals surface area contributed by atoms with Gasteiger partial charge in [0.1, 0.15) is 0 Å². The molecule has 0 amide bonds. The molecule has 0 aromatic carbocycles. The first-order valence-corrected chi connectivity index (χ1v) is 2.21. The Balaban J connectivity index is -0.0000000800. The van der Waals surface area contributed by atoms with E-state index >= 15 is 0 Å². The molecule has 0 aliphatic heterocycles. The maximum absolute atomic E-state index is 5.22. The number of alkyl halides is 1. The van der Waals surface area contributed by atoms with Crippen molar-refractivity contribution < 1.29 is 0 Å². The van der Waals surface area contributed by atoms with Gasteiger partial charge in [-0.2, -0.15) is 0 Å². The second kappa shape index (κ2) is 16.1. The molecule has 7 heavy (non-hydrogen) atoms. The molecule has 0 aromatic heterocycles. The average Bonchev–Trinajstić information content (AvgIpc) is 1.41. The third-order valence-electron chi connectivity index (χ3n) is 0.338. The Labute approximate surface area is 55.4 Å². The minimum atomic E-state index is 0. The van der Waals surface area contributed by atoms with Gasteiger partial charge in [-0.1, -0.05) is 0 Å². The SMILES string of the molecule is Cl.N.NCCCCl. The van der Waals surface area contributed by atoms with Crippen LogP contribution >= 0.6 is 24.0 Å². The fourth-order valence-electron chi connectivity index (χ4n) is 0.0772. The fourth-order valence-corrected chi connectivity index (χ4v) is 0.231. The van der Waals surface area contributed by atoms with E-state index in [0.29, 0.717) is 12.4 Å². The predicted octanol–water partition coefficient (Wildman–Crippen LogP) is 1.16. The monoisotopic (exact) mass is 146 g/mol. The van der Waals surface area contributed by atoms with Gasteiger partial charge in [0.25, 0.3) is 0 Å². The summed E-state index contributed by atoms with van der Waals surface area (Å²) in [7, 11) is 0. The van der Waals surface area contributed by atoms with E-state index in [4.69, 9.17) is 17.3 Å². The Morgan fingerprint density at radius 3 is 1.86 bits per heavy atom. The molecule has 0 fully saturated rings. The summed E-state index contributed by atoms with van der Waals surface area (Å²) in [4.78, 5) is 0. The van der Waals surface area contributed by atoms with Crippen molar-refractivity contribution in [3.05, 3.63) is 0 Å². The van der Waals surface area contributed by atoms with Crippen molar-refractivity contribution in [1.82, 2.24) is 6.15 Å². The Morgan fingerprint density at radius 1 is 1.43 bits per heavy atom. The maximum atomic E-state index is 5.22. The van der Waals surface area contributed by atoms with Crippen LogP contribution in [0.25, 0.3) is 0 Å². The Kier molecular flexibility index (Phi) is 35.9. The van der Waals surface area contributed by atoms with E-state index in [-0.39, 0.29) is 18.6 Å². The highest BCUT2D eigenvalue weighted by molar-refractivity contribution is 6.17. The molecule has 4 heteroatoms. The molecule has 0 spiro atoms. The molecule has 0 heterocycles. The van der Waals surface area contributed by atoms with Crippen LogP contribution in [-0.2, 0) is 0 Å². The summed E-state index contributed by atoms with van der Waals surface area (Å²) in [6.07, 6.45) is 0.932. The molecule has 0 saturated carbocycles. The molecule has 0 bridgehead atoms. The van der Waals surface area contributed by atoms with Crippen LogP contribution in [0.5, 0.6) is 0 Å². The van der Waals surface area contributed by atoms with Crippen LogP contribution < -0.4 is 11.9 Å². The van der Waals surface area contributed by atoms with Crippen molar-refractivity contribution in [3.8, 4) is 0 Å². The molecule has 0 radical (unpaired) electrons. The second-order valence-corrected chi connectivity index (χ2v) is 1.21. The summed E-state index contributed by atoms with van der Waals surface area (Å²) in [5, 5.41) is 0. The van der Waals surface area contributed by atoms with Crippen LogP contribution in [0.1, 0.15) is 6.42 Å². The first-order chi connectivity index (χ1) is 2.41. The van der Waals surface area contributed by atoms with E-state index in [1.54, 1.807) is 0 Å². The summed E-state index contributed by atoms with van der Waals surface area (Å²) in [6, 6.07) is 0. The molecule has 0 aliphatic carbocycles. The lowest BCUT2D eigenvalue weighted by Gasteiger charge is -1.78. The number of hydrogen-bond donors (Lipinski definition) is 2. The Bertz CT molecular complexity index is 18.4. The molecule has 0 atom stereocenters. The van der Waals surface area contributed by atoms with E-state index < -0.39 is 0 Å². The van der Waals surface area contributed by atoms with E-state index in [1.807, 2.05) is 0 Å². The topological polar surface area (TPSA) is 61.0 Å². The van der Waals surface area contributed by atoms with Gasteiger partial charge in [-0.3, -0.25) is 0 Å². The van der Waals surface area contributed by atoms with Crippen LogP contribution in [0.4, 0.5) is 0 Å². The summed E-state index contributed by atoms with van der Waals surface area (Å²) < 4.78 is 0. The summed E-state index contributed by atoms with van der Waals surface area (Å²) in [6.45, 7) is 0.712. The second-order valence-electron chi connectivity index (χ2n) is 0.831. The van der Waals surface area contributed by atoms with E-state index in [0.717, 1.165) is 6.42 Å². The molecular weight excluding hydrogens is 135 g/mol. The third-order valence-corrected chi connectivity index (χ3v) is 0.605. The van der Waals surface area contributed by atoms with Gasteiger partial charge >= 0.3 is 0 Å². The summed E-state index contributed by atoms with van der Waals surface area (Å²) in [5.41, 5.74) is 5.05. The van der Waals surface area contributed by atoms with Crippen LogP contribution in [-0.4, -0.2) is 12.4 Å². The quantitative estimate of drug-likeness (QED) is 0.575. The lowest BCUT2D eigenvalue weighted by Crippen LogP contribution is -1.97. The third kappa shape index (κ3) is 21.1. The highest BCUT2D eigenvalue weighted by Crippen LogP contribution is 1.76. The van der Waals surface area contributed by atoms with Gasteiger partial charge in [0.2, 0.25) is 0 Å². The molecule has 0 saturated heterocycles. The van der Waals surface area contributed by atoms with Gasteiger partial charge in [0, 0.05) is 5.88 Å². The van der Waals surface area contributed by atoms with Crippen LogP contribution in [0.2, 0.25) is 0 Å². The molecular formula is C3H12Cl2N2. The van der Waals surface area contributed by atoms with E-state index in [9.17, 15) is 0 Å². The van der Waals surface area contributed by atoms with Gasteiger partial charge in [-0.15, -0.1) is 24.0 Å². The van der Waals surface area contributed by atoms with Crippen molar-refractivity contribution in [1.29, 1.82) is 0 Å². The number of nitrogens with two attached hydrogens (primary N) is 1. The normalized spacial score (nSPS) is 6.00. The molecule has 48 valence electrons. The minimum Gasteiger partial charge on any atom is -0.344 e. The highest BCUT2D eigenvalue weighted by atomic mass is 35.5. The smallest absolute Gasteiger partial charge is 0.0235 e. The molecule has 5 N–H and O–H groups in total. The minimum absolute atomic E-state index is 0. The molecule has 0 rings (SSSR count). The number of rotatable bonds is 2. The van der Waals surface area contributed by atoms with Crippen molar-refractivity contribution in [3.63, 3.8) is 0 Å². The first-order valence-electron chi connectivity index (χ1n) is 1.68. The molecule has 0 aliphatic rings. The van der Waals surface area contributed by atoms with Crippen LogP contribution in [0.3, 0.4) is 0 Å². The highest BCUT2D eigenvalue weighted by Gasteiger charge is 1.70. The Morgan fingerprint density at radius 2 is 1.86 bits per heavy atom. The van der Waals surface area contributed by atoms with Crippen molar-refractivity contribution in [2.45, 2.75) is 6.42 Å². The van der Waals surface area contributed by atoms with Gasteiger partial charge < -0.3 is 11.9 Å². The summed E-state index contributed by atoms with van der Waals surface area (Å²) >= 11 is 5.22. The number of halogens is 2. The maximum Gasteiger partial charge on any atom is 0.0235 e. The molecule has 0 aromatic rings. The average molecular weight is 147 g/mol. The predicted molar refractivity (Wildman–Crippen MR) is 36.7 cm³/mol. The first kappa shape index (κ1) is 15.6. The zero-order chi connectivity index (χ0) is 4.12. The summed E-state index contributed by atoms with van der Waals surface area (Å²) in [5.74, 6) is 0.691. The van der Waals surface area contributed by atoms with Crippen molar-refractivity contribution >= 4 is 24.0 Å². The Hall–Kier alpha value is 0.500. The largest absolute Gasteiger partial charge is 0.344 e. The lowest BCUT2D eigenvalue weighted by molar-refractivity contribution is 0.939. The van der Waals surface area contributed by atoms with Gasteiger partial charge in [0.05, 0.1) is 0 Å². The lowest BCUT2D eigenvalue weighted by atomic mass is 10.5. The molecule has 0 unspecified atom stereocenters. The fraction of sp³-hybridized carbons (Fsp3) is 1.00. The number of hydrogen-bond acceptors (Lipinski definition) is 2.